The summed E-state index contributed by atoms with van der Waals surface area (Å²) in [5.41, 5.74) is -0.197. The zero-order valence-electron chi connectivity index (χ0n) is 24.2. The van der Waals surface area contributed by atoms with Gasteiger partial charge in [-0.3, -0.25) is 19.2 Å². The average Bonchev–Trinajstić information content (AvgIpc) is 3.65. The van der Waals surface area contributed by atoms with Gasteiger partial charge < -0.3 is 29.7 Å². The normalized spacial score (nSPS) is 32.9. The molecule has 0 saturated carbocycles. The van der Waals surface area contributed by atoms with E-state index in [1.54, 1.807) is 49.4 Å². The van der Waals surface area contributed by atoms with Gasteiger partial charge >= 0.3 is 5.97 Å². The van der Waals surface area contributed by atoms with Crippen LogP contribution in [0.3, 0.4) is 0 Å². The second-order valence-corrected chi connectivity index (χ2v) is 12.0. The average molecular weight is 620 g/mol. The van der Waals surface area contributed by atoms with E-state index < -0.39 is 59.5 Å². The van der Waals surface area contributed by atoms with Gasteiger partial charge in [0.15, 0.2) is 0 Å². The molecular formula is C33H34ClN3O7. The molecule has 230 valence electrons. The first-order valence-electron chi connectivity index (χ1n) is 14.8. The summed E-state index contributed by atoms with van der Waals surface area (Å²) in [6.45, 7) is 1.42. The molecule has 2 N–H and O–H groups in total. The van der Waals surface area contributed by atoms with Crippen molar-refractivity contribution in [3.63, 3.8) is 0 Å². The third kappa shape index (κ3) is 5.21. The molecule has 11 heteroatoms. The van der Waals surface area contributed by atoms with Gasteiger partial charge in [0, 0.05) is 30.2 Å². The third-order valence-corrected chi connectivity index (χ3v) is 9.08. The number of hydrogen-bond acceptors (Lipinski definition) is 7. The third-order valence-electron chi connectivity index (χ3n) is 8.83. The first-order chi connectivity index (χ1) is 21.2. The second kappa shape index (κ2) is 12.2. The lowest BCUT2D eigenvalue weighted by Crippen LogP contribution is -2.56. The molecule has 10 nitrogen and oxygen atoms in total. The number of allylic oxidation sites excluding steroid dienone is 1. The van der Waals surface area contributed by atoms with Crippen LogP contribution in [0.25, 0.3) is 0 Å². The predicted molar refractivity (Wildman–Crippen MR) is 161 cm³/mol. The summed E-state index contributed by atoms with van der Waals surface area (Å²) in [6, 6.07) is 14.1. The smallest absolute Gasteiger partial charge is 0.313 e. The standard InChI is InChI=1S/C33H34ClN3O7/c1-20-28(21-8-4-2-5-9-21)43-32(42)26-24-15-16-33(44-24)27(26)30(40)37(18-19-38)29(33)31(41)36(23-13-11-22(34)12-14-23)17-7-3-6-10-25(39)35-20/h2-5,7-9,11-16,20,24,26-29,38H,6,10,17-19H2,1H3,(H,35,39)/b7-3-/t20-,24+,26-,27-,28+,29+,33-/m1/s1. The quantitative estimate of drug-likeness (QED) is 0.398. The molecule has 2 fully saturated rings. The van der Waals surface area contributed by atoms with Gasteiger partial charge in [0.1, 0.15) is 23.7 Å². The van der Waals surface area contributed by atoms with E-state index in [4.69, 9.17) is 21.1 Å². The number of nitrogens with zero attached hydrogens (tertiary/aromatic N) is 2. The maximum absolute atomic E-state index is 14.5. The number of β-amino-alcohol motifs (C(OH)–C–C–N with tert-alkyl or cyclic N) is 1. The van der Waals surface area contributed by atoms with Crippen molar-refractivity contribution in [2.75, 3.05) is 24.6 Å². The van der Waals surface area contributed by atoms with Crippen LogP contribution in [-0.4, -0.2) is 77.2 Å². The highest BCUT2D eigenvalue weighted by Gasteiger charge is 2.73. The highest BCUT2D eigenvalue weighted by atomic mass is 35.5. The number of carbonyl (C=O) groups excluding carboxylic acids is 4. The number of cyclic esters (lactones) is 1. The maximum Gasteiger partial charge on any atom is 0.313 e. The summed E-state index contributed by atoms with van der Waals surface area (Å²) < 4.78 is 12.5. The number of carbonyl (C=O) groups is 4. The molecule has 2 aromatic rings. The van der Waals surface area contributed by atoms with Crippen molar-refractivity contribution in [3.8, 4) is 0 Å². The molecule has 6 rings (SSSR count). The number of fused-ring (bicyclic) bond motifs is 2. The fraction of sp³-hybridized carbons (Fsp3) is 0.394. The second-order valence-electron chi connectivity index (χ2n) is 11.5. The van der Waals surface area contributed by atoms with Crippen LogP contribution in [0, 0.1) is 11.8 Å². The van der Waals surface area contributed by atoms with Crippen molar-refractivity contribution >= 4 is 41.0 Å². The number of halogens is 1. The first-order valence-corrected chi connectivity index (χ1v) is 15.2. The maximum atomic E-state index is 14.5. The van der Waals surface area contributed by atoms with Crippen LogP contribution in [-0.2, 0) is 28.7 Å². The van der Waals surface area contributed by atoms with Crippen LogP contribution < -0.4 is 10.2 Å². The minimum atomic E-state index is -1.43. The van der Waals surface area contributed by atoms with Crippen LogP contribution >= 0.6 is 11.6 Å². The summed E-state index contributed by atoms with van der Waals surface area (Å²) >= 11 is 6.13. The van der Waals surface area contributed by atoms with Crippen molar-refractivity contribution in [2.45, 2.75) is 49.7 Å². The Bertz CT molecular complexity index is 1500. The Balaban J connectivity index is 1.43. The molecule has 5 bridgehead atoms. The van der Waals surface area contributed by atoms with Crippen molar-refractivity contribution in [3.05, 3.63) is 89.5 Å². The molecule has 7 atom stereocenters. The number of ether oxygens (including phenoxy) is 2. The van der Waals surface area contributed by atoms with E-state index in [1.165, 1.54) is 9.80 Å². The van der Waals surface area contributed by atoms with Crippen LogP contribution in [0.5, 0.6) is 0 Å². The molecule has 44 heavy (non-hydrogen) atoms. The number of rotatable bonds is 4. The Morgan fingerprint density at radius 1 is 1.02 bits per heavy atom. The number of aliphatic hydroxyl groups is 1. The van der Waals surface area contributed by atoms with Crippen molar-refractivity contribution < 1.29 is 33.8 Å². The molecule has 0 aliphatic carbocycles. The molecule has 1 spiro atoms. The summed E-state index contributed by atoms with van der Waals surface area (Å²) in [4.78, 5) is 58.4. The lowest BCUT2D eigenvalue weighted by Gasteiger charge is -2.35. The van der Waals surface area contributed by atoms with E-state index in [0.717, 1.165) is 0 Å². The minimum Gasteiger partial charge on any atom is -0.455 e. The fourth-order valence-corrected chi connectivity index (χ4v) is 7.00. The van der Waals surface area contributed by atoms with Gasteiger partial charge in [-0.15, -0.1) is 0 Å². The number of likely N-dealkylation sites (tertiary alicyclic amines) is 1. The highest BCUT2D eigenvalue weighted by molar-refractivity contribution is 6.30. The SMILES string of the molecule is C[C@H]1NC(=O)CC/C=C\CN(c2ccc(Cl)cc2)C(=O)[C@@H]2N(CCO)C(=O)[C@H]3[C@H](C(=O)O[C@@H]1c1ccccc1)[C@@H]1C=C[C@]23O1. The van der Waals surface area contributed by atoms with Gasteiger partial charge in [-0.25, -0.2) is 0 Å². The number of esters is 1. The summed E-state index contributed by atoms with van der Waals surface area (Å²) in [6.07, 6.45) is 6.04. The number of benzene rings is 2. The van der Waals surface area contributed by atoms with Crippen LogP contribution in [0.15, 0.2) is 78.9 Å². The number of anilines is 1. The van der Waals surface area contributed by atoms with Gasteiger partial charge in [0.05, 0.1) is 24.7 Å². The number of hydrogen-bond donors (Lipinski definition) is 2. The van der Waals surface area contributed by atoms with Gasteiger partial charge in [0.2, 0.25) is 11.8 Å². The zero-order chi connectivity index (χ0) is 31.0. The zero-order valence-corrected chi connectivity index (χ0v) is 24.9. The molecule has 3 amide bonds. The van der Waals surface area contributed by atoms with Gasteiger partial charge in [-0.05, 0) is 43.2 Å². The molecule has 0 radical (unpaired) electrons. The predicted octanol–water partition coefficient (Wildman–Crippen LogP) is 2.96. The van der Waals surface area contributed by atoms with E-state index >= 15 is 0 Å². The Morgan fingerprint density at radius 3 is 2.50 bits per heavy atom. The van der Waals surface area contributed by atoms with E-state index in [0.29, 0.717) is 22.7 Å². The lowest BCUT2D eigenvalue weighted by molar-refractivity contribution is -0.161. The molecule has 4 aliphatic rings. The topological polar surface area (TPSA) is 125 Å². The molecule has 4 heterocycles. The summed E-state index contributed by atoms with van der Waals surface area (Å²) in [5.74, 6) is -3.83. The minimum absolute atomic E-state index is 0.114. The van der Waals surface area contributed by atoms with Crippen LogP contribution in [0.4, 0.5) is 5.69 Å². The van der Waals surface area contributed by atoms with E-state index in [9.17, 15) is 24.3 Å². The highest BCUT2D eigenvalue weighted by Crippen LogP contribution is 2.56. The Morgan fingerprint density at radius 2 is 1.77 bits per heavy atom. The van der Waals surface area contributed by atoms with Crippen molar-refractivity contribution in [2.24, 2.45) is 11.8 Å². The molecule has 0 aromatic heterocycles. The van der Waals surface area contributed by atoms with E-state index in [1.807, 2.05) is 36.4 Å². The first kappa shape index (κ1) is 30.1. The molecule has 2 aromatic carbocycles. The van der Waals surface area contributed by atoms with Crippen LogP contribution in [0.1, 0.15) is 31.4 Å². The van der Waals surface area contributed by atoms with Crippen molar-refractivity contribution in [1.29, 1.82) is 0 Å². The molecule has 2 saturated heterocycles. The number of amides is 3. The monoisotopic (exact) mass is 619 g/mol. The Kier molecular flexibility index (Phi) is 8.32. The molecular weight excluding hydrogens is 586 g/mol. The van der Waals surface area contributed by atoms with E-state index in [-0.39, 0.29) is 32.0 Å². The van der Waals surface area contributed by atoms with Gasteiger partial charge in [-0.1, -0.05) is 66.2 Å². The molecule has 0 unspecified atom stereocenters. The number of nitrogens with one attached hydrogen (secondary N) is 1. The largest absolute Gasteiger partial charge is 0.455 e. The molecule has 4 aliphatic heterocycles. The fourth-order valence-electron chi connectivity index (χ4n) is 6.88. The van der Waals surface area contributed by atoms with Crippen LogP contribution in [0.2, 0.25) is 5.02 Å². The van der Waals surface area contributed by atoms with Gasteiger partial charge in [0.25, 0.3) is 5.91 Å². The lowest BCUT2D eigenvalue weighted by atomic mass is 9.74. The number of aliphatic hydroxyl groups excluding tert-OH is 1. The van der Waals surface area contributed by atoms with Crippen molar-refractivity contribution in [1.82, 2.24) is 10.2 Å². The Hall–Kier alpha value is -3.99. The summed E-state index contributed by atoms with van der Waals surface area (Å²) in [7, 11) is 0. The summed E-state index contributed by atoms with van der Waals surface area (Å²) in [5, 5.41) is 13.4. The Labute approximate surface area is 260 Å². The van der Waals surface area contributed by atoms with Gasteiger partial charge in [-0.2, -0.15) is 0 Å². The van der Waals surface area contributed by atoms with E-state index in [2.05, 4.69) is 5.32 Å².